The number of carbonyl (C=O) groups is 2. The first-order valence-electron chi connectivity index (χ1n) is 5.00. The number of aromatic nitrogens is 1. The number of carbonyl (C=O) groups excluding carboxylic acids is 2. The highest BCUT2D eigenvalue weighted by Gasteiger charge is 2.35. The fourth-order valence-corrected chi connectivity index (χ4v) is 2.06. The topological polar surface area (TPSA) is 102 Å². The number of nitrogens with zero attached hydrogens (tertiary/aromatic N) is 2. The number of nitrogen functional groups attached to an aromatic ring is 1. The van der Waals surface area contributed by atoms with Crippen molar-refractivity contribution in [3.05, 3.63) is 16.7 Å². The lowest BCUT2D eigenvalue weighted by molar-refractivity contribution is -0.123. The van der Waals surface area contributed by atoms with Crippen LogP contribution in [0.1, 0.15) is 6.42 Å². The lowest BCUT2D eigenvalue weighted by atomic mass is 10.1. The van der Waals surface area contributed by atoms with E-state index in [4.69, 9.17) is 11.5 Å². The van der Waals surface area contributed by atoms with Crippen molar-refractivity contribution in [2.24, 2.45) is 11.7 Å². The zero-order chi connectivity index (χ0) is 12.6. The molecule has 4 N–H and O–H groups in total. The highest BCUT2D eigenvalue weighted by Crippen LogP contribution is 2.29. The summed E-state index contributed by atoms with van der Waals surface area (Å²) in [7, 11) is 0. The molecule has 1 atom stereocenters. The highest BCUT2D eigenvalue weighted by molar-refractivity contribution is 9.10. The summed E-state index contributed by atoms with van der Waals surface area (Å²) >= 11 is 3.21. The highest BCUT2D eigenvalue weighted by atomic mass is 79.9. The van der Waals surface area contributed by atoms with E-state index >= 15 is 0 Å². The normalized spacial score (nSPS) is 19.7. The smallest absolute Gasteiger partial charge is 0.229 e. The van der Waals surface area contributed by atoms with Gasteiger partial charge in [-0.3, -0.25) is 14.5 Å². The molecule has 0 aromatic carbocycles. The number of nitrogens with two attached hydrogens (primary N) is 2. The van der Waals surface area contributed by atoms with Gasteiger partial charge in [0.2, 0.25) is 11.8 Å². The average Bonchev–Trinajstić information content (AvgIpc) is 2.64. The number of halogens is 1. The number of anilines is 2. The third-order valence-electron chi connectivity index (χ3n) is 2.65. The van der Waals surface area contributed by atoms with Crippen LogP contribution in [0.2, 0.25) is 0 Å². The SMILES string of the molecule is NC(=O)C1CC(=O)N(c2nc(Br)ccc2N)C1. The van der Waals surface area contributed by atoms with Gasteiger partial charge < -0.3 is 11.5 Å². The molecule has 1 fully saturated rings. The molecule has 2 amide bonds. The second-order valence-electron chi connectivity index (χ2n) is 3.85. The molecule has 6 nitrogen and oxygen atoms in total. The van der Waals surface area contributed by atoms with Crippen molar-refractivity contribution in [2.75, 3.05) is 17.2 Å². The van der Waals surface area contributed by atoms with Crippen LogP contribution in [0.3, 0.4) is 0 Å². The Kier molecular flexibility index (Phi) is 3.01. The Morgan fingerprint density at radius 2 is 2.24 bits per heavy atom. The molecule has 17 heavy (non-hydrogen) atoms. The summed E-state index contributed by atoms with van der Waals surface area (Å²) in [6.07, 6.45) is 0.114. The van der Waals surface area contributed by atoms with Gasteiger partial charge in [0, 0.05) is 13.0 Å². The predicted molar refractivity (Wildman–Crippen MR) is 66.0 cm³/mol. The minimum Gasteiger partial charge on any atom is -0.396 e. The van der Waals surface area contributed by atoms with Crippen LogP contribution >= 0.6 is 15.9 Å². The second-order valence-corrected chi connectivity index (χ2v) is 4.67. The molecule has 2 rings (SSSR count). The van der Waals surface area contributed by atoms with Crippen LogP contribution in [0.4, 0.5) is 11.5 Å². The van der Waals surface area contributed by atoms with Crippen molar-refractivity contribution in [2.45, 2.75) is 6.42 Å². The minimum atomic E-state index is -0.477. The Balaban J connectivity index is 2.32. The van der Waals surface area contributed by atoms with Crippen LogP contribution in [0, 0.1) is 5.92 Å². The molecule has 1 aliphatic rings. The van der Waals surface area contributed by atoms with E-state index in [9.17, 15) is 9.59 Å². The first-order chi connectivity index (χ1) is 7.99. The van der Waals surface area contributed by atoms with E-state index in [2.05, 4.69) is 20.9 Å². The van der Waals surface area contributed by atoms with Gasteiger partial charge in [-0.2, -0.15) is 0 Å². The van der Waals surface area contributed by atoms with E-state index in [1.165, 1.54) is 4.90 Å². The maximum atomic E-state index is 11.8. The van der Waals surface area contributed by atoms with E-state index in [0.717, 1.165) is 0 Å². The molecule has 1 unspecified atom stereocenters. The summed E-state index contributed by atoms with van der Waals surface area (Å²) in [6.45, 7) is 0.238. The van der Waals surface area contributed by atoms with Crippen LogP contribution in [0.5, 0.6) is 0 Å². The Morgan fingerprint density at radius 1 is 1.53 bits per heavy atom. The van der Waals surface area contributed by atoms with Crippen molar-refractivity contribution < 1.29 is 9.59 Å². The number of pyridine rings is 1. The summed E-state index contributed by atoms with van der Waals surface area (Å²) in [4.78, 5) is 28.4. The number of hydrogen-bond acceptors (Lipinski definition) is 4. The van der Waals surface area contributed by atoms with Crippen LogP contribution in [-0.4, -0.2) is 23.3 Å². The zero-order valence-corrected chi connectivity index (χ0v) is 10.5. The maximum absolute atomic E-state index is 11.8. The summed E-state index contributed by atoms with van der Waals surface area (Å²) < 4.78 is 0.581. The Morgan fingerprint density at radius 3 is 2.82 bits per heavy atom. The minimum absolute atomic E-state index is 0.114. The van der Waals surface area contributed by atoms with Crippen LogP contribution < -0.4 is 16.4 Å². The van der Waals surface area contributed by atoms with Gasteiger partial charge in [-0.15, -0.1) is 0 Å². The molecule has 1 saturated heterocycles. The number of primary amides is 1. The first kappa shape index (κ1) is 11.8. The van der Waals surface area contributed by atoms with Gasteiger partial charge >= 0.3 is 0 Å². The molecule has 1 aromatic heterocycles. The van der Waals surface area contributed by atoms with Gasteiger partial charge in [-0.05, 0) is 28.1 Å². The van der Waals surface area contributed by atoms with Gasteiger partial charge in [0.1, 0.15) is 4.60 Å². The third kappa shape index (κ3) is 2.23. The molecular weight excluding hydrogens is 288 g/mol. The maximum Gasteiger partial charge on any atom is 0.229 e. The van der Waals surface area contributed by atoms with E-state index in [1.54, 1.807) is 12.1 Å². The Hall–Kier alpha value is -1.63. The molecule has 1 aliphatic heterocycles. The van der Waals surface area contributed by atoms with Crippen LogP contribution in [0.25, 0.3) is 0 Å². The molecule has 1 aromatic rings. The molecule has 0 saturated carbocycles. The molecule has 7 heteroatoms. The molecular formula is C10H11BrN4O2. The fourth-order valence-electron chi connectivity index (χ4n) is 1.76. The van der Waals surface area contributed by atoms with Gasteiger partial charge in [0.05, 0.1) is 11.6 Å². The molecule has 0 bridgehead atoms. The monoisotopic (exact) mass is 298 g/mol. The van der Waals surface area contributed by atoms with Crippen molar-refractivity contribution in [1.29, 1.82) is 0 Å². The van der Waals surface area contributed by atoms with E-state index in [0.29, 0.717) is 16.1 Å². The Labute approximate surface area is 106 Å². The predicted octanol–water partition coefficient (Wildman–Crippen LogP) is 0.264. The zero-order valence-electron chi connectivity index (χ0n) is 8.89. The molecule has 2 heterocycles. The van der Waals surface area contributed by atoms with Crippen LogP contribution in [-0.2, 0) is 9.59 Å². The molecule has 90 valence electrons. The van der Waals surface area contributed by atoms with Gasteiger partial charge in [0.15, 0.2) is 5.82 Å². The number of hydrogen-bond donors (Lipinski definition) is 2. The first-order valence-corrected chi connectivity index (χ1v) is 5.80. The standard InChI is InChI=1S/C10H11BrN4O2/c11-7-2-1-6(12)10(14-7)15-4-5(9(13)17)3-8(15)16/h1-2,5H,3-4,12H2,(H2,13,17). The largest absolute Gasteiger partial charge is 0.396 e. The fraction of sp³-hybridized carbons (Fsp3) is 0.300. The van der Waals surface area contributed by atoms with Crippen molar-refractivity contribution in [3.63, 3.8) is 0 Å². The Bertz CT molecular complexity index is 491. The van der Waals surface area contributed by atoms with Crippen molar-refractivity contribution in [1.82, 2.24) is 4.98 Å². The number of rotatable bonds is 2. The van der Waals surface area contributed by atoms with Gasteiger partial charge in [-0.25, -0.2) is 4.98 Å². The molecule has 0 aliphatic carbocycles. The summed E-state index contributed by atoms with van der Waals surface area (Å²) in [5, 5.41) is 0. The van der Waals surface area contributed by atoms with E-state index in [-0.39, 0.29) is 18.9 Å². The summed E-state index contributed by atoms with van der Waals surface area (Å²) in [5.74, 6) is -0.767. The molecule has 0 spiro atoms. The molecule has 0 radical (unpaired) electrons. The summed E-state index contributed by atoms with van der Waals surface area (Å²) in [5.41, 5.74) is 11.3. The lowest BCUT2D eigenvalue weighted by Crippen LogP contribution is -2.29. The van der Waals surface area contributed by atoms with Crippen LogP contribution in [0.15, 0.2) is 16.7 Å². The van der Waals surface area contributed by atoms with E-state index < -0.39 is 11.8 Å². The second kappa shape index (κ2) is 4.33. The summed E-state index contributed by atoms with van der Waals surface area (Å²) in [6, 6.07) is 3.34. The average molecular weight is 299 g/mol. The quantitative estimate of drug-likeness (QED) is 0.765. The van der Waals surface area contributed by atoms with Crippen molar-refractivity contribution >= 4 is 39.2 Å². The van der Waals surface area contributed by atoms with E-state index in [1.807, 2.05) is 0 Å². The number of amides is 2. The van der Waals surface area contributed by atoms with Gasteiger partial charge in [0.25, 0.3) is 0 Å². The van der Waals surface area contributed by atoms with Crippen molar-refractivity contribution in [3.8, 4) is 0 Å². The lowest BCUT2D eigenvalue weighted by Gasteiger charge is -2.17. The van der Waals surface area contributed by atoms with Gasteiger partial charge in [-0.1, -0.05) is 0 Å². The third-order valence-corrected chi connectivity index (χ3v) is 3.10.